The number of para-hydroxylation sites is 1. The largest absolute Gasteiger partial charge is 0.330 e. The second kappa shape index (κ2) is 4.13. The van der Waals surface area contributed by atoms with Crippen LogP contribution in [0.5, 0.6) is 0 Å². The van der Waals surface area contributed by atoms with E-state index in [1.807, 2.05) is 24.3 Å². The molecule has 0 saturated heterocycles. The van der Waals surface area contributed by atoms with Crippen LogP contribution in [0, 0.1) is 6.92 Å². The number of hydrogen-bond donors (Lipinski definition) is 0. The average molecular weight is 191 g/mol. The molecule has 0 aliphatic rings. The van der Waals surface area contributed by atoms with Crippen LogP contribution < -0.4 is 4.90 Å². The molecule has 0 unspecified atom stereocenters. The standard InChI is InChI=1S/C11H15N2O/c1-9-7-5-6-8-10(9)13(4)11(14)12(2)3/h5-8H,1H2,2-4H3. The molecule has 0 aliphatic carbocycles. The van der Waals surface area contributed by atoms with Gasteiger partial charge in [-0.2, -0.15) is 0 Å². The van der Waals surface area contributed by atoms with Gasteiger partial charge in [0.25, 0.3) is 0 Å². The number of hydrogen-bond acceptors (Lipinski definition) is 1. The number of anilines is 1. The van der Waals surface area contributed by atoms with Crippen molar-refractivity contribution in [3.8, 4) is 0 Å². The first-order valence-electron chi connectivity index (χ1n) is 4.40. The highest BCUT2D eigenvalue weighted by Gasteiger charge is 2.13. The molecule has 1 aromatic carbocycles. The van der Waals surface area contributed by atoms with Crippen molar-refractivity contribution in [3.63, 3.8) is 0 Å². The van der Waals surface area contributed by atoms with Gasteiger partial charge in [-0.05, 0) is 18.6 Å². The molecule has 0 heterocycles. The second-order valence-corrected chi connectivity index (χ2v) is 3.36. The van der Waals surface area contributed by atoms with Crippen molar-refractivity contribution < 1.29 is 4.79 Å². The number of carbonyl (C=O) groups excluding carboxylic acids is 1. The summed E-state index contributed by atoms with van der Waals surface area (Å²) in [5, 5.41) is 0. The number of nitrogens with zero attached hydrogens (tertiary/aromatic N) is 2. The molecule has 1 radical (unpaired) electrons. The maximum atomic E-state index is 11.6. The van der Waals surface area contributed by atoms with Crippen LogP contribution in [0.1, 0.15) is 5.56 Å². The highest BCUT2D eigenvalue weighted by Crippen LogP contribution is 2.18. The first kappa shape index (κ1) is 10.6. The van der Waals surface area contributed by atoms with Crippen LogP contribution in [0.4, 0.5) is 10.5 Å². The van der Waals surface area contributed by atoms with Crippen LogP contribution in [0.15, 0.2) is 24.3 Å². The smallest absolute Gasteiger partial charge is 0.323 e. The first-order valence-corrected chi connectivity index (χ1v) is 4.40. The van der Waals surface area contributed by atoms with E-state index in [4.69, 9.17) is 0 Å². The van der Waals surface area contributed by atoms with E-state index in [-0.39, 0.29) is 6.03 Å². The minimum absolute atomic E-state index is 0.0545. The summed E-state index contributed by atoms with van der Waals surface area (Å²) in [5.74, 6) is 0. The summed E-state index contributed by atoms with van der Waals surface area (Å²) in [6.45, 7) is 3.87. The van der Waals surface area contributed by atoms with Gasteiger partial charge in [0.05, 0.1) is 0 Å². The molecular weight excluding hydrogens is 176 g/mol. The fourth-order valence-corrected chi connectivity index (χ4v) is 1.24. The molecule has 3 nitrogen and oxygen atoms in total. The first-order chi connectivity index (χ1) is 6.54. The van der Waals surface area contributed by atoms with Crippen molar-refractivity contribution in [1.82, 2.24) is 4.90 Å². The molecule has 14 heavy (non-hydrogen) atoms. The van der Waals surface area contributed by atoms with Gasteiger partial charge >= 0.3 is 6.03 Å². The van der Waals surface area contributed by atoms with Crippen LogP contribution in [0.2, 0.25) is 0 Å². The molecule has 0 fully saturated rings. The van der Waals surface area contributed by atoms with E-state index in [1.165, 1.54) is 4.90 Å². The van der Waals surface area contributed by atoms with Gasteiger partial charge < -0.3 is 4.90 Å². The lowest BCUT2D eigenvalue weighted by atomic mass is 10.2. The maximum Gasteiger partial charge on any atom is 0.323 e. The van der Waals surface area contributed by atoms with Crippen molar-refractivity contribution in [2.45, 2.75) is 0 Å². The molecule has 0 bridgehead atoms. The number of carbonyl (C=O) groups is 1. The normalized spacial score (nSPS) is 9.71. The number of benzene rings is 1. The Hall–Kier alpha value is -1.51. The van der Waals surface area contributed by atoms with E-state index in [9.17, 15) is 4.79 Å². The summed E-state index contributed by atoms with van der Waals surface area (Å²) in [5.41, 5.74) is 1.69. The highest BCUT2D eigenvalue weighted by atomic mass is 16.2. The van der Waals surface area contributed by atoms with Gasteiger partial charge in [-0.1, -0.05) is 18.2 Å². The van der Waals surface area contributed by atoms with E-state index in [1.54, 1.807) is 26.0 Å². The Balaban J connectivity index is 2.95. The lowest BCUT2D eigenvalue weighted by Crippen LogP contribution is -2.36. The van der Waals surface area contributed by atoms with Gasteiger partial charge in [-0.25, -0.2) is 4.79 Å². The lowest BCUT2D eigenvalue weighted by molar-refractivity contribution is 0.225. The molecule has 3 heteroatoms. The van der Waals surface area contributed by atoms with Crippen LogP contribution in [0.25, 0.3) is 0 Å². The third-order valence-electron chi connectivity index (χ3n) is 2.02. The van der Waals surface area contributed by atoms with Crippen molar-refractivity contribution >= 4 is 11.7 Å². The van der Waals surface area contributed by atoms with E-state index in [0.717, 1.165) is 11.3 Å². The second-order valence-electron chi connectivity index (χ2n) is 3.36. The minimum Gasteiger partial charge on any atom is -0.330 e. The Morgan fingerprint density at radius 3 is 2.29 bits per heavy atom. The number of urea groups is 1. The quantitative estimate of drug-likeness (QED) is 0.666. The monoisotopic (exact) mass is 191 g/mol. The predicted octanol–water partition coefficient (Wildman–Crippen LogP) is 1.99. The molecule has 0 aromatic heterocycles. The fourth-order valence-electron chi connectivity index (χ4n) is 1.24. The van der Waals surface area contributed by atoms with E-state index < -0.39 is 0 Å². The summed E-state index contributed by atoms with van der Waals surface area (Å²) in [4.78, 5) is 14.7. The molecule has 1 aromatic rings. The van der Waals surface area contributed by atoms with Gasteiger partial charge in [-0.3, -0.25) is 4.90 Å². The molecule has 0 N–H and O–H groups in total. The van der Waals surface area contributed by atoms with Gasteiger partial charge in [0.2, 0.25) is 0 Å². The van der Waals surface area contributed by atoms with Crippen molar-refractivity contribution in [2.75, 3.05) is 26.0 Å². The molecule has 1 rings (SSSR count). The van der Waals surface area contributed by atoms with Crippen molar-refractivity contribution in [1.29, 1.82) is 0 Å². The lowest BCUT2D eigenvalue weighted by Gasteiger charge is -2.23. The third-order valence-corrected chi connectivity index (χ3v) is 2.02. The zero-order valence-electron chi connectivity index (χ0n) is 8.82. The summed E-state index contributed by atoms with van der Waals surface area (Å²) in [6.07, 6.45) is 0. The zero-order valence-corrected chi connectivity index (χ0v) is 8.82. The molecule has 75 valence electrons. The van der Waals surface area contributed by atoms with Gasteiger partial charge in [-0.15, -0.1) is 0 Å². The number of rotatable bonds is 1. The molecule has 0 aliphatic heterocycles. The molecule has 2 amide bonds. The summed E-state index contributed by atoms with van der Waals surface area (Å²) in [6, 6.07) is 7.50. The molecule has 0 atom stereocenters. The van der Waals surface area contributed by atoms with Gasteiger partial charge in [0.1, 0.15) is 0 Å². The maximum absolute atomic E-state index is 11.6. The highest BCUT2D eigenvalue weighted by molar-refractivity contribution is 5.92. The summed E-state index contributed by atoms with van der Waals surface area (Å²) in [7, 11) is 5.20. The fraction of sp³-hybridized carbons (Fsp3) is 0.273. The van der Waals surface area contributed by atoms with E-state index in [0.29, 0.717) is 0 Å². The average Bonchev–Trinajstić information content (AvgIpc) is 2.16. The SMILES string of the molecule is [CH2]c1ccccc1N(C)C(=O)N(C)C. The van der Waals surface area contributed by atoms with Gasteiger partial charge in [0, 0.05) is 26.8 Å². The zero-order chi connectivity index (χ0) is 10.7. The van der Waals surface area contributed by atoms with Crippen molar-refractivity contribution in [3.05, 3.63) is 36.8 Å². The van der Waals surface area contributed by atoms with Crippen LogP contribution in [-0.2, 0) is 0 Å². The third kappa shape index (κ3) is 2.05. The molecule has 0 spiro atoms. The topological polar surface area (TPSA) is 23.6 Å². The van der Waals surface area contributed by atoms with E-state index in [2.05, 4.69) is 6.92 Å². The van der Waals surface area contributed by atoms with Crippen LogP contribution >= 0.6 is 0 Å². The van der Waals surface area contributed by atoms with Crippen molar-refractivity contribution in [2.24, 2.45) is 0 Å². The Kier molecular flexibility index (Phi) is 3.12. The van der Waals surface area contributed by atoms with Gasteiger partial charge in [0.15, 0.2) is 0 Å². The Morgan fingerprint density at radius 1 is 1.21 bits per heavy atom. The predicted molar refractivity (Wildman–Crippen MR) is 58.4 cm³/mol. The Morgan fingerprint density at radius 2 is 1.79 bits per heavy atom. The Labute approximate surface area is 84.9 Å². The number of amides is 2. The Bertz CT molecular complexity index is 334. The molecular formula is C11H15N2O. The van der Waals surface area contributed by atoms with Crippen LogP contribution in [0.3, 0.4) is 0 Å². The summed E-state index contributed by atoms with van der Waals surface area (Å²) < 4.78 is 0. The summed E-state index contributed by atoms with van der Waals surface area (Å²) >= 11 is 0. The van der Waals surface area contributed by atoms with Crippen LogP contribution in [-0.4, -0.2) is 32.1 Å². The minimum atomic E-state index is -0.0545. The molecule has 0 saturated carbocycles. The van der Waals surface area contributed by atoms with E-state index >= 15 is 0 Å².